The fourth-order valence-electron chi connectivity index (χ4n) is 2.43. The van der Waals surface area contributed by atoms with E-state index in [2.05, 4.69) is 15.5 Å². The van der Waals surface area contributed by atoms with E-state index < -0.39 is 11.7 Å². The molecule has 0 saturated heterocycles. The van der Waals surface area contributed by atoms with Crippen LogP contribution in [0.25, 0.3) is 0 Å². The number of rotatable bonds is 4. The molecule has 0 radical (unpaired) electrons. The van der Waals surface area contributed by atoms with Gasteiger partial charge in [-0.1, -0.05) is 30.3 Å². The van der Waals surface area contributed by atoms with Gasteiger partial charge in [0.2, 0.25) is 0 Å². The minimum absolute atomic E-state index is 0.0796. The zero-order valence-electron chi connectivity index (χ0n) is 14.2. The maximum atomic E-state index is 13.0. The van der Waals surface area contributed by atoms with Gasteiger partial charge >= 0.3 is 6.18 Å². The molecule has 5 nitrogen and oxygen atoms in total. The molecule has 138 valence electrons. The standard InChI is InChI=1S/C19H15F3N4O/c1-26(13-7-3-2-4-8-13)18(27)16-11-12-17(25-24-16)23-15-10-6-5-9-14(15)19(20,21)22/h2-12H,1H3,(H,23,25). The van der Waals surface area contributed by atoms with Crippen LogP contribution in [0.2, 0.25) is 0 Å². The van der Waals surface area contributed by atoms with Crippen LogP contribution < -0.4 is 10.2 Å². The highest BCUT2D eigenvalue weighted by molar-refractivity contribution is 6.04. The Labute approximate surface area is 153 Å². The van der Waals surface area contributed by atoms with Gasteiger partial charge in [-0.15, -0.1) is 10.2 Å². The number of alkyl halides is 3. The second kappa shape index (κ2) is 7.45. The Morgan fingerprint density at radius 2 is 1.59 bits per heavy atom. The van der Waals surface area contributed by atoms with Crippen LogP contribution in [0.3, 0.4) is 0 Å². The van der Waals surface area contributed by atoms with Gasteiger partial charge in [0.15, 0.2) is 11.5 Å². The number of carbonyl (C=O) groups is 1. The van der Waals surface area contributed by atoms with Crippen LogP contribution in [-0.2, 0) is 6.18 Å². The molecule has 8 heteroatoms. The van der Waals surface area contributed by atoms with Gasteiger partial charge in [-0.2, -0.15) is 13.2 Å². The van der Waals surface area contributed by atoms with Crippen molar-refractivity contribution in [3.63, 3.8) is 0 Å². The summed E-state index contributed by atoms with van der Waals surface area (Å²) in [5.74, 6) is -0.276. The molecule has 3 aromatic rings. The summed E-state index contributed by atoms with van der Waals surface area (Å²) in [6.45, 7) is 0. The van der Waals surface area contributed by atoms with Crippen molar-refractivity contribution in [1.29, 1.82) is 0 Å². The first kappa shape index (κ1) is 18.4. The van der Waals surface area contributed by atoms with E-state index in [0.717, 1.165) is 6.07 Å². The molecule has 0 aliphatic rings. The van der Waals surface area contributed by atoms with E-state index in [9.17, 15) is 18.0 Å². The van der Waals surface area contributed by atoms with E-state index in [1.54, 1.807) is 31.3 Å². The smallest absolute Gasteiger partial charge is 0.338 e. The maximum absolute atomic E-state index is 13.0. The predicted molar refractivity (Wildman–Crippen MR) is 95.9 cm³/mol. The van der Waals surface area contributed by atoms with Crippen LogP contribution in [0.1, 0.15) is 16.1 Å². The molecule has 0 bridgehead atoms. The van der Waals surface area contributed by atoms with E-state index in [4.69, 9.17) is 0 Å². The number of carbonyl (C=O) groups excluding carboxylic acids is 1. The molecular weight excluding hydrogens is 357 g/mol. The van der Waals surface area contributed by atoms with Crippen LogP contribution in [0.4, 0.5) is 30.4 Å². The molecule has 1 aromatic heterocycles. The summed E-state index contributed by atoms with van der Waals surface area (Å²) in [5.41, 5.74) is -0.183. The molecule has 2 aromatic carbocycles. The summed E-state index contributed by atoms with van der Waals surface area (Å²) in [7, 11) is 1.60. The SMILES string of the molecule is CN(C(=O)c1ccc(Nc2ccccc2C(F)(F)F)nn1)c1ccccc1. The van der Waals surface area contributed by atoms with E-state index >= 15 is 0 Å². The highest BCUT2D eigenvalue weighted by Gasteiger charge is 2.33. The zero-order valence-corrected chi connectivity index (χ0v) is 14.2. The lowest BCUT2D eigenvalue weighted by atomic mass is 10.1. The summed E-state index contributed by atoms with van der Waals surface area (Å²) >= 11 is 0. The van der Waals surface area contributed by atoms with Crippen LogP contribution in [0.5, 0.6) is 0 Å². The lowest BCUT2D eigenvalue weighted by molar-refractivity contribution is -0.136. The third-order valence-electron chi connectivity index (χ3n) is 3.83. The van der Waals surface area contributed by atoms with Crippen molar-refractivity contribution in [3.8, 4) is 0 Å². The normalized spacial score (nSPS) is 11.1. The van der Waals surface area contributed by atoms with Crippen LogP contribution in [0, 0.1) is 0 Å². The molecular formula is C19H15F3N4O. The summed E-state index contributed by atoms with van der Waals surface area (Å²) in [6, 6.07) is 16.9. The van der Waals surface area contributed by atoms with Gasteiger partial charge in [-0.3, -0.25) is 4.79 Å². The first-order valence-electron chi connectivity index (χ1n) is 7.96. The molecule has 1 heterocycles. The topological polar surface area (TPSA) is 58.1 Å². The van der Waals surface area contributed by atoms with E-state index in [1.165, 1.54) is 35.2 Å². The number of nitrogens with zero attached hydrogens (tertiary/aromatic N) is 3. The largest absolute Gasteiger partial charge is 0.418 e. The molecule has 3 rings (SSSR count). The Kier molecular flexibility index (Phi) is 5.07. The Bertz CT molecular complexity index is 928. The minimum Gasteiger partial charge on any atom is -0.338 e. The van der Waals surface area contributed by atoms with Gasteiger partial charge in [-0.25, -0.2) is 0 Å². The van der Waals surface area contributed by atoms with E-state index in [1.807, 2.05) is 6.07 Å². The lowest BCUT2D eigenvalue weighted by Gasteiger charge is -2.16. The van der Waals surface area contributed by atoms with Crippen molar-refractivity contribution >= 4 is 23.1 Å². The highest BCUT2D eigenvalue weighted by atomic mass is 19.4. The molecule has 0 aliphatic heterocycles. The molecule has 0 aliphatic carbocycles. The van der Waals surface area contributed by atoms with Crippen LogP contribution >= 0.6 is 0 Å². The van der Waals surface area contributed by atoms with Crippen LogP contribution in [0.15, 0.2) is 66.7 Å². The number of para-hydroxylation sites is 2. The number of nitrogens with one attached hydrogen (secondary N) is 1. The summed E-state index contributed by atoms with van der Waals surface area (Å²) in [4.78, 5) is 13.9. The number of hydrogen-bond donors (Lipinski definition) is 1. The van der Waals surface area contributed by atoms with Crippen molar-refractivity contribution in [3.05, 3.63) is 78.0 Å². The molecule has 0 spiro atoms. The Morgan fingerprint density at radius 1 is 0.926 bits per heavy atom. The Balaban J connectivity index is 1.78. The summed E-state index contributed by atoms with van der Waals surface area (Å²) in [6.07, 6.45) is -4.49. The third-order valence-corrected chi connectivity index (χ3v) is 3.83. The second-order valence-corrected chi connectivity index (χ2v) is 5.67. The first-order valence-corrected chi connectivity index (χ1v) is 7.96. The first-order chi connectivity index (χ1) is 12.9. The van der Waals surface area contributed by atoms with Gasteiger partial charge in [0, 0.05) is 12.7 Å². The monoisotopic (exact) mass is 372 g/mol. The van der Waals surface area contributed by atoms with Crippen molar-refractivity contribution in [2.75, 3.05) is 17.3 Å². The molecule has 0 unspecified atom stereocenters. The number of aromatic nitrogens is 2. The molecule has 0 saturated carbocycles. The maximum Gasteiger partial charge on any atom is 0.418 e. The van der Waals surface area contributed by atoms with E-state index in [0.29, 0.717) is 5.69 Å². The zero-order chi connectivity index (χ0) is 19.4. The van der Waals surface area contributed by atoms with Gasteiger partial charge in [0.25, 0.3) is 5.91 Å². The van der Waals surface area contributed by atoms with Crippen molar-refractivity contribution in [2.45, 2.75) is 6.18 Å². The van der Waals surface area contributed by atoms with Gasteiger partial charge in [0.1, 0.15) is 0 Å². The number of hydrogen-bond acceptors (Lipinski definition) is 4. The van der Waals surface area contributed by atoms with E-state index in [-0.39, 0.29) is 23.1 Å². The average Bonchev–Trinajstić information content (AvgIpc) is 2.68. The quantitative estimate of drug-likeness (QED) is 0.732. The fraction of sp³-hybridized carbons (Fsp3) is 0.105. The predicted octanol–water partition coefficient (Wildman–Crippen LogP) is 4.52. The fourth-order valence-corrected chi connectivity index (χ4v) is 2.43. The third kappa shape index (κ3) is 4.22. The Morgan fingerprint density at radius 3 is 2.22 bits per heavy atom. The number of anilines is 3. The van der Waals surface area contributed by atoms with Gasteiger partial charge < -0.3 is 10.2 Å². The van der Waals surface area contributed by atoms with Gasteiger partial charge in [-0.05, 0) is 36.4 Å². The highest BCUT2D eigenvalue weighted by Crippen LogP contribution is 2.35. The number of benzene rings is 2. The Hall–Kier alpha value is -3.42. The van der Waals surface area contributed by atoms with Crippen molar-refractivity contribution < 1.29 is 18.0 Å². The average molecular weight is 372 g/mol. The van der Waals surface area contributed by atoms with Crippen molar-refractivity contribution in [1.82, 2.24) is 10.2 Å². The molecule has 0 atom stereocenters. The number of amides is 1. The van der Waals surface area contributed by atoms with Crippen molar-refractivity contribution in [2.24, 2.45) is 0 Å². The summed E-state index contributed by atoms with van der Waals surface area (Å²) in [5, 5.41) is 10.2. The molecule has 27 heavy (non-hydrogen) atoms. The molecule has 0 fully saturated rings. The van der Waals surface area contributed by atoms with Crippen LogP contribution in [-0.4, -0.2) is 23.2 Å². The molecule has 1 amide bonds. The minimum atomic E-state index is -4.49. The summed E-state index contributed by atoms with van der Waals surface area (Å²) < 4.78 is 39.1. The second-order valence-electron chi connectivity index (χ2n) is 5.67. The number of halogens is 3. The van der Waals surface area contributed by atoms with Gasteiger partial charge in [0.05, 0.1) is 11.3 Å². The molecule has 1 N–H and O–H groups in total. The lowest BCUT2D eigenvalue weighted by Crippen LogP contribution is -2.27.